The van der Waals surface area contributed by atoms with Crippen molar-refractivity contribution in [2.75, 3.05) is 6.61 Å². The van der Waals surface area contributed by atoms with Crippen LogP contribution in [0.4, 0.5) is 5.69 Å². The summed E-state index contributed by atoms with van der Waals surface area (Å²) in [4.78, 5) is 4.46. The second kappa shape index (κ2) is 6.92. The maximum atomic E-state index is 6.07. The summed E-state index contributed by atoms with van der Waals surface area (Å²) in [5.74, 6) is 0.820. The number of halogens is 1. The minimum atomic E-state index is 0.509. The van der Waals surface area contributed by atoms with E-state index in [2.05, 4.69) is 11.6 Å². The molecule has 0 fully saturated rings. The van der Waals surface area contributed by atoms with Crippen LogP contribution < -0.4 is 4.74 Å². The second-order valence-electron chi connectivity index (χ2n) is 4.31. The van der Waals surface area contributed by atoms with Gasteiger partial charge in [0.05, 0.1) is 5.69 Å². The van der Waals surface area contributed by atoms with E-state index in [1.54, 1.807) is 6.08 Å². The van der Waals surface area contributed by atoms with Crippen molar-refractivity contribution in [3.63, 3.8) is 0 Å². The van der Waals surface area contributed by atoms with Crippen LogP contribution in [0.15, 0.2) is 60.1 Å². The number of ether oxygens (including phenoxy) is 1. The van der Waals surface area contributed by atoms with Crippen molar-refractivity contribution in [2.24, 2.45) is 4.99 Å². The van der Waals surface area contributed by atoms with Gasteiger partial charge in [0, 0.05) is 11.2 Å². The maximum Gasteiger partial charge on any atom is 0.119 e. The van der Waals surface area contributed by atoms with E-state index in [-0.39, 0.29) is 0 Å². The Hall–Kier alpha value is -2.06. The molecular formula is C17H16ClNO. The van der Waals surface area contributed by atoms with Crippen LogP contribution in [0, 0.1) is 6.92 Å². The Morgan fingerprint density at radius 1 is 1.20 bits per heavy atom. The number of nitrogens with zero attached hydrogens (tertiary/aromatic N) is 1. The highest BCUT2D eigenvalue weighted by Crippen LogP contribution is 2.25. The van der Waals surface area contributed by atoms with E-state index in [9.17, 15) is 0 Å². The third-order valence-corrected chi connectivity index (χ3v) is 3.25. The van der Waals surface area contributed by atoms with Crippen LogP contribution in [0.2, 0.25) is 5.02 Å². The highest BCUT2D eigenvalue weighted by atomic mass is 35.5. The summed E-state index contributed by atoms with van der Waals surface area (Å²) in [6.45, 7) is 6.08. The molecule has 2 aromatic carbocycles. The summed E-state index contributed by atoms with van der Waals surface area (Å²) in [7, 11) is 0. The molecule has 0 N–H and O–H groups in total. The lowest BCUT2D eigenvalue weighted by atomic mass is 10.2. The molecule has 2 aromatic rings. The Balaban J connectivity index is 2.11. The molecule has 0 bridgehead atoms. The van der Waals surface area contributed by atoms with Gasteiger partial charge in [0.25, 0.3) is 0 Å². The topological polar surface area (TPSA) is 21.6 Å². The molecule has 2 rings (SSSR count). The number of aliphatic imine (C=N–C) groups is 1. The molecule has 0 aliphatic heterocycles. The minimum absolute atomic E-state index is 0.509. The molecule has 0 unspecified atom stereocenters. The predicted octanol–water partition coefficient (Wildman–Crippen LogP) is 4.96. The van der Waals surface area contributed by atoms with Crippen molar-refractivity contribution in [1.82, 2.24) is 0 Å². The van der Waals surface area contributed by atoms with Gasteiger partial charge in [-0.25, -0.2) is 0 Å². The first kappa shape index (κ1) is 14.4. The molecular weight excluding hydrogens is 270 g/mol. The van der Waals surface area contributed by atoms with Crippen LogP contribution in [-0.4, -0.2) is 12.8 Å². The van der Waals surface area contributed by atoms with Gasteiger partial charge in [-0.1, -0.05) is 30.3 Å². The Bertz CT molecular complexity index is 617. The Morgan fingerprint density at radius 2 is 1.95 bits per heavy atom. The van der Waals surface area contributed by atoms with Gasteiger partial charge in [-0.15, -0.1) is 0 Å². The fourth-order valence-electron chi connectivity index (χ4n) is 1.69. The van der Waals surface area contributed by atoms with Gasteiger partial charge in [-0.05, 0) is 54.4 Å². The van der Waals surface area contributed by atoms with Gasteiger partial charge in [-0.3, -0.25) is 4.99 Å². The quantitative estimate of drug-likeness (QED) is 0.562. The SMILES string of the molecule is C=CCOc1ccc(C=Nc2cccc(Cl)c2C)cc1. The van der Waals surface area contributed by atoms with Crippen molar-refractivity contribution < 1.29 is 4.74 Å². The highest BCUT2D eigenvalue weighted by Gasteiger charge is 1.99. The fraction of sp³-hybridized carbons (Fsp3) is 0.118. The van der Waals surface area contributed by atoms with E-state index >= 15 is 0 Å². The Morgan fingerprint density at radius 3 is 2.65 bits per heavy atom. The lowest BCUT2D eigenvalue weighted by Gasteiger charge is -2.03. The predicted molar refractivity (Wildman–Crippen MR) is 85.6 cm³/mol. The number of hydrogen-bond acceptors (Lipinski definition) is 2. The van der Waals surface area contributed by atoms with Gasteiger partial charge < -0.3 is 4.74 Å². The zero-order valence-electron chi connectivity index (χ0n) is 11.3. The monoisotopic (exact) mass is 285 g/mol. The smallest absolute Gasteiger partial charge is 0.119 e. The largest absolute Gasteiger partial charge is 0.490 e. The molecule has 20 heavy (non-hydrogen) atoms. The molecule has 0 heterocycles. The van der Waals surface area contributed by atoms with E-state index in [0.29, 0.717) is 6.61 Å². The number of benzene rings is 2. The summed E-state index contributed by atoms with van der Waals surface area (Å²) in [5, 5.41) is 0.729. The molecule has 0 aromatic heterocycles. The van der Waals surface area contributed by atoms with E-state index in [0.717, 1.165) is 27.6 Å². The second-order valence-corrected chi connectivity index (χ2v) is 4.72. The van der Waals surface area contributed by atoms with Crippen molar-refractivity contribution in [3.8, 4) is 5.75 Å². The molecule has 0 radical (unpaired) electrons. The zero-order valence-corrected chi connectivity index (χ0v) is 12.1. The average Bonchev–Trinajstić information content (AvgIpc) is 2.48. The van der Waals surface area contributed by atoms with E-state index in [1.165, 1.54) is 0 Å². The highest BCUT2D eigenvalue weighted by molar-refractivity contribution is 6.31. The van der Waals surface area contributed by atoms with Crippen molar-refractivity contribution in [3.05, 3.63) is 71.3 Å². The van der Waals surface area contributed by atoms with Crippen LogP contribution >= 0.6 is 11.6 Å². The summed E-state index contributed by atoms with van der Waals surface area (Å²) in [6, 6.07) is 13.4. The molecule has 0 atom stereocenters. The minimum Gasteiger partial charge on any atom is -0.490 e. The molecule has 0 aliphatic rings. The van der Waals surface area contributed by atoms with Crippen LogP contribution in [-0.2, 0) is 0 Å². The van der Waals surface area contributed by atoms with Crippen molar-refractivity contribution in [1.29, 1.82) is 0 Å². The van der Waals surface area contributed by atoms with E-state index < -0.39 is 0 Å². The lowest BCUT2D eigenvalue weighted by molar-refractivity contribution is 0.363. The number of hydrogen-bond donors (Lipinski definition) is 0. The van der Waals surface area contributed by atoms with Crippen molar-refractivity contribution >= 4 is 23.5 Å². The van der Waals surface area contributed by atoms with Crippen LogP contribution in [0.25, 0.3) is 0 Å². The third kappa shape index (κ3) is 3.72. The van der Waals surface area contributed by atoms with Crippen LogP contribution in [0.1, 0.15) is 11.1 Å². The molecule has 0 amide bonds. The van der Waals surface area contributed by atoms with Crippen LogP contribution in [0.3, 0.4) is 0 Å². The maximum absolute atomic E-state index is 6.07. The fourth-order valence-corrected chi connectivity index (χ4v) is 1.85. The molecule has 2 nitrogen and oxygen atoms in total. The molecule has 3 heteroatoms. The summed E-state index contributed by atoms with van der Waals surface area (Å²) in [6.07, 6.45) is 3.53. The molecule has 0 saturated carbocycles. The first-order chi connectivity index (χ1) is 9.70. The van der Waals surface area contributed by atoms with Crippen LogP contribution in [0.5, 0.6) is 5.75 Å². The van der Waals surface area contributed by atoms with Gasteiger partial charge >= 0.3 is 0 Å². The number of rotatable bonds is 5. The molecule has 0 aliphatic carbocycles. The van der Waals surface area contributed by atoms with Crippen molar-refractivity contribution in [2.45, 2.75) is 6.92 Å². The molecule has 0 saturated heterocycles. The first-order valence-corrected chi connectivity index (χ1v) is 6.71. The molecule has 0 spiro atoms. The van der Waals surface area contributed by atoms with E-state index in [1.807, 2.05) is 55.6 Å². The average molecular weight is 286 g/mol. The Labute approximate surface area is 124 Å². The zero-order chi connectivity index (χ0) is 14.4. The van der Waals surface area contributed by atoms with Gasteiger partial charge in [0.1, 0.15) is 12.4 Å². The third-order valence-electron chi connectivity index (χ3n) is 2.84. The summed E-state index contributed by atoms with van der Waals surface area (Å²) in [5.41, 5.74) is 2.87. The summed E-state index contributed by atoms with van der Waals surface area (Å²) < 4.78 is 5.43. The Kier molecular flexibility index (Phi) is 4.97. The lowest BCUT2D eigenvalue weighted by Crippen LogP contribution is -1.92. The molecule has 102 valence electrons. The van der Waals surface area contributed by atoms with Gasteiger partial charge in [-0.2, -0.15) is 0 Å². The summed E-state index contributed by atoms with van der Waals surface area (Å²) >= 11 is 6.07. The first-order valence-electron chi connectivity index (χ1n) is 6.33. The normalized spacial score (nSPS) is 10.7. The van der Waals surface area contributed by atoms with Gasteiger partial charge in [0.2, 0.25) is 0 Å². The standard InChI is InChI=1S/C17H16ClNO/c1-3-11-20-15-9-7-14(8-10-15)12-19-17-6-4-5-16(18)13(17)2/h3-10,12H,1,11H2,2H3. The van der Waals surface area contributed by atoms with E-state index in [4.69, 9.17) is 16.3 Å². The van der Waals surface area contributed by atoms with Gasteiger partial charge in [0.15, 0.2) is 0 Å².